The third-order valence-corrected chi connectivity index (χ3v) is 5.05. The number of carbonyl (C=O) groups excluding carboxylic acids is 1. The summed E-state index contributed by atoms with van der Waals surface area (Å²) in [6, 6.07) is 5.93. The van der Waals surface area contributed by atoms with Crippen LogP contribution in [0.25, 0.3) is 0 Å². The molecule has 24 heavy (non-hydrogen) atoms. The fourth-order valence-electron chi connectivity index (χ4n) is 3.77. The summed E-state index contributed by atoms with van der Waals surface area (Å²) in [5.74, 6) is 0.0974. The van der Waals surface area contributed by atoms with Crippen LogP contribution in [0, 0.1) is 0 Å². The third-order valence-electron chi connectivity index (χ3n) is 5.05. The summed E-state index contributed by atoms with van der Waals surface area (Å²) in [5.41, 5.74) is 3.22. The first kappa shape index (κ1) is 17.5. The molecular weight excluding hydrogens is 308 g/mol. The molecule has 5 atom stereocenters. The number of ether oxygens (including phenoxy) is 4. The van der Waals surface area contributed by atoms with Crippen molar-refractivity contribution in [2.45, 2.75) is 63.8 Å². The van der Waals surface area contributed by atoms with E-state index >= 15 is 0 Å². The van der Waals surface area contributed by atoms with Gasteiger partial charge in [0, 0.05) is 26.2 Å². The van der Waals surface area contributed by atoms with E-state index in [1.807, 2.05) is 25.1 Å². The van der Waals surface area contributed by atoms with E-state index in [1.54, 1.807) is 21.1 Å². The molecule has 5 nitrogen and oxygen atoms in total. The van der Waals surface area contributed by atoms with Crippen LogP contribution < -0.4 is 0 Å². The molecule has 3 rings (SSSR count). The van der Waals surface area contributed by atoms with Crippen LogP contribution in [0.5, 0.6) is 0 Å². The van der Waals surface area contributed by atoms with Gasteiger partial charge in [-0.05, 0) is 43.9 Å². The summed E-state index contributed by atoms with van der Waals surface area (Å²) >= 11 is 0. The number of carbonyl (C=O) groups is 1. The highest BCUT2D eigenvalue weighted by molar-refractivity contribution is 5.94. The lowest BCUT2D eigenvalue weighted by Gasteiger charge is -2.39. The number of methoxy groups -OCH3 is 2. The van der Waals surface area contributed by atoms with E-state index in [2.05, 4.69) is 0 Å². The van der Waals surface area contributed by atoms with Crippen LogP contribution in [-0.2, 0) is 31.8 Å². The van der Waals surface area contributed by atoms with Gasteiger partial charge in [-0.2, -0.15) is 0 Å². The zero-order chi connectivity index (χ0) is 17.3. The summed E-state index contributed by atoms with van der Waals surface area (Å²) in [6.45, 7) is 3.58. The Bertz CT molecular complexity index is 599. The minimum Gasteiger partial charge on any atom is -0.378 e. The van der Waals surface area contributed by atoms with Gasteiger partial charge in [0.05, 0.1) is 18.3 Å². The number of fused-ring (bicyclic) bond motifs is 1. The van der Waals surface area contributed by atoms with E-state index < -0.39 is 0 Å². The van der Waals surface area contributed by atoms with Gasteiger partial charge in [0.25, 0.3) is 0 Å². The zero-order valence-electron chi connectivity index (χ0n) is 14.8. The van der Waals surface area contributed by atoms with Crippen LogP contribution in [0.4, 0.5) is 0 Å². The average molecular weight is 334 g/mol. The molecule has 0 N–H and O–H groups in total. The number of ketones is 1. The first-order chi connectivity index (χ1) is 11.5. The van der Waals surface area contributed by atoms with Gasteiger partial charge in [-0.3, -0.25) is 4.79 Å². The SMILES string of the molecule is CO[C@H]1[C@H](C)O[C@@H](OC2Cc3ccc(C(C)=O)cc3C2)C[C@@H]1OC. The Morgan fingerprint density at radius 3 is 2.58 bits per heavy atom. The molecule has 1 saturated heterocycles. The van der Waals surface area contributed by atoms with Crippen molar-refractivity contribution < 1.29 is 23.7 Å². The predicted molar refractivity (Wildman–Crippen MR) is 89.3 cm³/mol. The van der Waals surface area contributed by atoms with E-state index in [0.29, 0.717) is 6.42 Å². The highest BCUT2D eigenvalue weighted by atomic mass is 16.7. The van der Waals surface area contributed by atoms with Crippen LogP contribution in [0.3, 0.4) is 0 Å². The molecule has 1 aromatic rings. The highest BCUT2D eigenvalue weighted by Gasteiger charge is 2.39. The van der Waals surface area contributed by atoms with Gasteiger partial charge in [-0.1, -0.05) is 12.1 Å². The Hall–Kier alpha value is -1.27. The molecule has 0 spiro atoms. The van der Waals surface area contributed by atoms with E-state index in [1.165, 1.54) is 11.1 Å². The Labute approximate surface area is 143 Å². The van der Waals surface area contributed by atoms with Gasteiger partial charge < -0.3 is 18.9 Å². The largest absolute Gasteiger partial charge is 0.378 e. The Morgan fingerprint density at radius 1 is 1.17 bits per heavy atom. The average Bonchev–Trinajstić information content (AvgIpc) is 2.95. The van der Waals surface area contributed by atoms with Crippen molar-refractivity contribution in [2.24, 2.45) is 0 Å². The summed E-state index contributed by atoms with van der Waals surface area (Å²) in [6.07, 6.45) is 1.94. The predicted octanol–water partition coefficient (Wildman–Crippen LogP) is 2.54. The smallest absolute Gasteiger partial charge is 0.161 e. The Kier molecular flexibility index (Phi) is 5.35. The standard InChI is InChI=1S/C19H26O5/c1-11(20)13-5-6-14-8-16(9-15(14)7-13)24-18-10-17(21-3)19(22-4)12(2)23-18/h5-7,12,16-19H,8-10H2,1-4H3/t12-,16?,17-,18-,19-/m0/s1. The highest BCUT2D eigenvalue weighted by Crippen LogP contribution is 2.30. The molecule has 1 heterocycles. The topological polar surface area (TPSA) is 54.0 Å². The van der Waals surface area contributed by atoms with Crippen LogP contribution in [0.15, 0.2) is 18.2 Å². The molecule has 0 saturated carbocycles. The lowest BCUT2D eigenvalue weighted by atomic mass is 10.0. The van der Waals surface area contributed by atoms with Crippen molar-refractivity contribution in [3.05, 3.63) is 34.9 Å². The van der Waals surface area contributed by atoms with E-state index in [4.69, 9.17) is 18.9 Å². The summed E-state index contributed by atoms with van der Waals surface area (Å²) in [4.78, 5) is 11.5. The fourth-order valence-corrected chi connectivity index (χ4v) is 3.77. The van der Waals surface area contributed by atoms with Crippen LogP contribution >= 0.6 is 0 Å². The van der Waals surface area contributed by atoms with E-state index in [0.717, 1.165) is 18.4 Å². The Balaban J connectivity index is 1.62. The number of Topliss-reactive ketones (excluding diaryl/α,β-unsaturated/α-hetero) is 1. The molecule has 1 aliphatic heterocycles. The minimum atomic E-state index is -0.289. The van der Waals surface area contributed by atoms with Gasteiger partial charge >= 0.3 is 0 Å². The summed E-state index contributed by atoms with van der Waals surface area (Å²) in [7, 11) is 3.37. The fraction of sp³-hybridized carbons (Fsp3) is 0.632. The quantitative estimate of drug-likeness (QED) is 0.775. The van der Waals surface area contributed by atoms with Crippen LogP contribution in [0.1, 0.15) is 41.8 Å². The van der Waals surface area contributed by atoms with Gasteiger partial charge in [0.1, 0.15) is 6.10 Å². The maximum Gasteiger partial charge on any atom is 0.161 e. The molecular formula is C19H26O5. The van der Waals surface area contributed by atoms with Gasteiger partial charge in [-0.15, -0.1) is 0 Å². The molecule has 0 amide bonds. The van der Waals surface area contributed by atoms with Crippen LogP contribution in [0.2, 0.25) is 0 Å². The molecule has 0 radical (unpaired) electrons. The number of benzene rings is 1. The second-order valence-electron chi connectivity index (χ2n) is 6.69. The zero-order valence-corrected chi connectivity index (χ0v) is 14.8. The van der Waals surface area contributed by atoms with Crippen molar-refractivity contribution in [3.63, 3.8) is 0 Å². The van der Waals surface area contributed by atoms with Crippen molar-refractivity contribution in [2.75, 3.05) is 14.2 Å². The first-order valence-corrected chi connectivity index (χ1v) is 8.51. The molecule has 1 aromatic carbocycles. The number of hydrogen-bond donors (Lipinski definition) is 0. The van der Waals surface area contributed by atoms with Crippen molar-refractivity contribution >= 4 is 5.78 Å². The second-order valence-corrected chi connectivity index (χ2v) is 6.69. The molecule has 5 heteroatoms. The first-order valence-electron chi connectivity index (χ1n) is 8.51. The molecule has 1 unspecified atom stereocenters. The molecule has 1 fully saturated rings. The van der Waals surface area contributed by atoms with E-state index in [-0.39, 0.29) is 36.5 Å². The summed E-state index contributed by atoms with van der Waals surface area (Å²) < 4.78 is 23.2. The lowest BCUT2D eigenvalue weighted by Crippen LogP contribution is -2.50. The Morgan fingerprint density at radius 2 is 1.92 bits per heavy atom. The monoisotopic (exact) mass is 334 g/mol. The molecule has 132 valence electrons. The normalized spacial score (nSPS) is 32.6. The molecule has 0 aromatic heterocycles. The van der Waals surface area contributed by atoms with Gasteiger partial charge in [-0.25, -0.2) is 0 Å². The molecule has 0 bridgehead atoms. The van der Waals surface area contributed by atoms with Crippen molar-refractivity contribution in [1.29, 1.82) is 0 Å². The number of hydrogen-bond acceptors (Lipinski definition) is 5. The number of rotatable bonds is 5. The summed E-state index contributed by atoms with van der Waals surface area (Å²) in [5, 5.41) is 0. The lowest BCUT2D eigenvalue weighted by molar-refractivity contribution is -0.265. The van der Waals surface area contributed by atoms with E-state index in [9.17, 15) is 4.79 Å². The van der Waals surface area contributed by atoms with Crippen molar-refractivity contribution in [1.82, 2.24) is 0 Å². The second kappa shape index (κ2) is 7.31. The van der Waals surface area contributed by atoms with Gasteiger partial charge in [0.2, 0.25) is 0 Å². The maximum absolute atomic E-state index is 11.5. The van der Waals surface area contributed by atoms with Crippen molar-refractivity contribution in [3.8, 4) is 0 Å². The molecule has 1 aliphatic carbocycles. The van der Waals surface area contributed by atoms with Crippen LogP contribution in [-0.4, -0.2) is 50.7 Å². The maximum atomic E-state index is 11.5. The van der Waals surface area contributed by atoms with Gasteiger partial charge in [0.15, 0.2) is 12.1 Å². The minimum absolute atomic E-state index is 0.0307. The third kappa shape index (κ3) is 3.54. The molecule has 2 aliphatic rings.